The maximum absolute atomic E-state index is 14.5. The molecular formula is C24H26FN3O. The Balaban J connectivity index is 1.31. The number of aromatic nitrogens is 1. The predicted molar refractivity (Wildman–Crippen MR) is 114 cm³/mol. The van der Waals surface area contributed by atoms with Gasteiger partial charge in [-0.25, -0.2) is 4.39 Å². The number of benzene rings is 2. The molecule has 0 spiro atoms. The van der Waals surface area contributed by atoms with Crippen molar-refractivity contribution >= 4 is 5.69 Å². The molecule has 3 aromatic rings. The highest BCUT2D eigenvalue weighted by Crippen LogP contribution is 2.22. The van der Waals surface area contributed by atoms with Gasteiger partial charge in [0.15, 0.2) is 0 Å². The van der Waals surface area contributed by atoms with Crippen LogP contribution in [0.2, 0.25) is 0 Å². The van der Waals surface area contributed by atoms with Crippen LogP contribution in [-0.2, 0) is 13.1 Å². The Bertz CT molecular complexity index is 923. The normalized spacial score (nSPS) is 14.9. The van der Waals surface area contributed by atoms with E-state index in [9.17, 15) is 9.50 Å². The van der Waals surface area contributed by atoms with E-state index in [1.807, 2.05) is 24.3 Å². The average molecular weight is 391 g/mol. The smallest absolute Gasteiger partial charge is 0.128 e. The van der Waals surface area contributed by atoms with Crippen LogP contribution in [0.3, 0.4) is 0 Å². The van der Waals surface area contributed by atoms with E-state index in [1.54, 1.807) is 18.5 Å². The third kappa shape index (κ3) is 5.00. The number of aliphatic hydroxyl groups is 1. The third-order valence-corrected chi connectivity index (χ3v) is 5.48. The number of aliphatic hydroxyl groups excluding tert-OH is 1. The first-order valence-corrected chi connectivity index (χ1v) is 10.1. The molecule has 0 radical (unpaired) electrons. The zero-order valence-corrected chi connectivity index (χ0v) is 16.4. The van der Waals surface area contributed by atoms with Crippen molar-refractivity contribution in [2.24, 2.45) is 0 Å². The molecule has 1 aliphatic rings. The molecule has 0 amide bonds. The van der Waals surface area contributed by atoms with E-state index in [0.29, 0.717) is 18.7 Å². The molecule has 1 saturated heterocycles. The Kier molecular flexibility index (Phi) is 6.17. The van der Waals surface area contributed by atoms with Gasteiger partial charge < -0.3 is 15.3 Å². The first-order valence-electron chi connectivity index (χ1n) is 10.1. The minimum absolute atomic E-state index is 0.158. The van der Waals surface area contributed by atoms with Crippen LogP contribution in [-0.4, -0.2) is 29.3 Å². The van der Waals surface area contributed by atoms with Gasteiger partial charge >= 0.3 is 0 Å². The van der Waals surface area contributed by atoms with Crippen molar-refractivity contribution in [1.29, 1.82) is 0 Å². The Morgan fingerprint density at radius 2 is 1.66 bits per heavy atom. The lowest BCUT2D eigenvalue weighted by molar-refractivity contribution is 0.145. The SMILES string of the molecule is OC1CCN(c2ccc(CNCc3ccc(-c4ccncc4)cc3F)cc2)CC1. The lowest BCUT2D eigenvalue weighted by Gasteiger charge is -2.31. The van der Waals surface area contributed by atoms with Gasteiger partial charge in [0, 0.05) is 49.8 Å². The molecule has 0 saturated carbocycles. The van der Waals surface area contributed by atoms with Crippen molar-refractivity contribution in [3.63, 3.8) is 0 Å². The molecule has 1 aliphatic heterocycles. The predicted octanol–water partition coefficient (Wildman–Crippen LogP) is 4.14. The summed E-state index contributed by atoms with van der Waals surface area (Å²) in [5.41, 5.74) is 4.83. The molecule has 2 aromatic carbocycles. The van der Waals surface area contributed by atoms with Crippen molar-refractivity contribution in [2.45, 2.75) is 32.0 Å². The number of nitrogens with one attached hydrogen (secondary N) is 1. The van der Waals surface area contributed by atoms with Gasteiger partial charge in [-0.2, -0.15) is 0 Å². The van der Waals surface area contributed by atoms with E-state index >= 15 is 0 Å². The van der Waals surface area contributed by atoms with E-state index in [4.69, 9.17) is 0 Å². The fourth-order valence-electron chi connectivity index (χ4n) is 3.70. The quantitative estimate of drug-likeness (QED) is 0.663. The minimum Gasteiger partial charge on any atom is -0.393 e. The summed E-state index contributed by atoms with van der Waals surface area (Å²) in [6, 6.07) is 17.6. The second-order valence-corrected chi connectivity index (χ2v) is 7.53. The molecule has 4 rings (SSSR count). The molecular weight excluding hydrogens is 365 g/mol. The van der Waals surface area contributed by atoms with E-state index in [1.165, 1.54) is 11.3 Å². The Morgan fingerprint density at radius 1 is 0.931 bits per heavy atom. The van der Waals surface area contributed by atoms with Gasteiger partial charge in [-0.1, -0.05) is 24.3 Å². The Labute approximate surface area is 171 Å². The van der Waals surface area contributed by atoms with Gasteiger partial charge in [-0.3, -0.25) is 4.98 Å². The van der Waals surface area contributed by atoms with Gasteiger partial charge in [0.05, 0.1) is 6.10 Å². The van der Waals surface area contributed by atoms with Crippen LogP contribution < -0.4 is 10.2 Å². The van der Waals surface area contributed by atoms with E-state index < -0.39 is 0 Å². The molecule has 0 atom stereocenters. The van der Waals surface area contributed by atoms with E-state index in [-0.39, 0.29) is 11.9 Å². The van der Waals surface area contributed by atoms with Crippen molar-refractivity contribution in [1.82, 2.24) is 10.3 Å². The highest BCUT2D eigenvalue weighted by atomic mass is 19.1. The summed E-state index contributed by atoms with van der Waals surface area (Å²) in [6.07, 6.45) is 4.92. The molecule has 29 heavy (non-hydrogen) atoms. The number of halogens is 1. The summed E-state index contributed by atoms with van der Waals surface area (Å²) >= 11 is 0. The van der Waals surface area contributed by atoms with Gasteiger partial charge in [0.2, 0.25) is 0 Å². The van der Waals surface area contributed by atoms with Gasteiger partial charge in [0.1, 0.15) is 5.82 Å². The summed E-state index contributed by atoms with van der Waals surface area (Å²) < 4.78 is 14.5. The van der Waals surface area contributed by atoms with Crippen molar-refractivity contribution in [3.05, 3.63) is 83.9 Å². The Morgan fingerprint density at radius 3 is 2.34 bits per heavy atom. The molecule has 2 N–H and O–H groups in total. The van der Waals surface area contributed by atoms with Crippen LogP contribution in [0.4, 0.5) is 10.1 Å². The van der Waals surface area contributed by atoms with Crippen molar-refractivity contribution in [3.8, 4) is 11.1 Å². The number of piperidine rings is 1. The summed E-state index contributed by atoms with van der Waals surface area (Å²) in [5, 5.41) is 13.0. The fourth-order valence-corrected chi connectivity index (χ4v) is 3.70. The Hall–Kier alpha value is -2.76. The fraction of sp³-hybridized carbons (Fsp3) is 0.292. The first kappa shape index (κ1) is 19.6. The molecule has 1 fully saturated rings. The van der Waals surface area contributed by atoms with Crippen LogP contribution in [0.5, 0.6) is 0 Å². The number of hydrogen-bond donors (Lipinski definition) is 2. The summed E-state index contributed by atoms with van der Waals surface area (Å²) in [7, 11) is 0. The van der Waals surface area contributed by atoms with Crippen LogP contribution >= 0.6 is 0 Å². The average Bonchev–Trinajstić information content (AvgIpc) is 2.76. The largest absolute Gasteiger partial charge is 0.393 e. The van der Waals surface area contributed by atoms with Gasteiger partial charge in [-0.05, 0) is 59.9 Å². The molecule has 4 nitrogen and oxygen atoms in total. The van der Waals surface area contributed by atoms with Crippen LogP contribution in [0, 0.1) is 5.82 Å². The van der Waals surface area contributed by atoms with Crippen LogP contribution in [0.1, 0.15) is 24.0 Å². The lowest BCUT2D eigenvalue weighted by atomic mass is 10.0. The minimum atomic E-state index is -0.200. The maximum Gasteiger partial charge on any atom is 0.128 e. The van der Waals surface area contributed by atoms with E-state index in [0.717, 1.165) is 37.1 Å². The first-order chi connectivity index (χ1) is 14.2. The number of pyridine rings is 1. The zero-order valence-electron chi connectivity index (χ0n) is 16.4. The summed E-state index contributed by atoms with van der Waals surface area (Å²) in [4.78, 5) is 6.31. The molecule has 0 unspecified atom stereocenters. The van der Waals surface area contributed by atoms with Crippen molar-refractivity contribution in [2.75, 3.05) is 18.0 Å². The van der Waals surface area contributed by atoms with Crippen LogP contribution in [0.15, 0.2) is 67.0 Å². The number of anilines is 1. The highest BCUT2D eigenvalue weighted by molar-refractivity contribution is 5.63. The number of hydrogen-bond acceptors (Lipinski definition) is 4. The summed E-state index contributed by atoms with van der Waals surface area (Å²) in [6.45, 7) is 2.96. The lowest BCUT2D eigenvalue weighted by Crippen LogP contribution is -2.35. The van der Waals surface area contributed by atoms with Crippen LogP contribution in [0.25, 0.3) is 11.1 Å². The standard InChI is InChI=1S/C24H26FN3O/c25-24-15-20(19-7-11-26-12-8-19)3-4-21(24)17-27-16-18-1-5-22(6-2-18)28-13-9-23(29)10-14-28/h1-8,11-12,15,23,27,29H,9-10,13-14,16-17H2. The zero-order chi connectivity index (χ0) is 20.1. The second kappa shape index (κ2) is 9.16. The number of rotatable bonds is 6. The van der Waals surface area contributed by atoms with E-state index in [2.05, 4.69) is 39.5 Å². The molecule has 0 aliphatic carbocycles. The molecule has 150 valence electrons. The number of nitrogens with zero attached hydrogens (tertiary/aromatic N) is 2. The summed E-state index contributed by atoms with van der Waals surface area (Å²) in [5.74, 6) is -0.200. The topological polar surface area (TPSA) is 48.4 Å². The monoisotopic (exact) mass is 391 g/mol. The van der Waals surface area contributed by atoms with Gasteiger partial charge in [-0.15, -0.1) is 0 Å². The molecule has 5 heteroatoms. The molecule has 2 heterocycles. The highest BCUT2D eigenvalue weighted by Gasteiger charge is 2.16. The molecule has 1 aromatic heterocycles. The maximum atomic E-state index is 14.5. The molecule has 0 bridgehead atoms. The second-order valence-electron chi connectivity index (χ2n) is 7.53. The van der Waals surface area contributed by atoms with Gasteiger partial charge in [0.25, 0.3) is 0 Å². The third-order valence-electron chi connectivity index (χ3n) is 5.48. The van der Waals surface area contributed by atoms with Crippen molar-refractivity contribution < 1.29 is 9.50 Å².